The molecule has 1 N–H and O–H groups in total. The molecule has 5 heteroatoms. The smallest absolute Gasteiger partial charge is 0.253 e. The first-order valence-electron chi connectivity index (χ1n) is 9.07. The van der Waals surface area contributed by atoms with Crippen molar-refractivity contribution in [3.63, 3.8) is 0 Å². The van der Waals surface area contributed by atoms with Gasteiger partial charge in [-0.3, -0.25) is 9.59 Å². The molecule has 1 aliphatic heterocycles. The van der Waals surface area contributed by atoms with Crippen LogP contribution in [0.25, 0.3) is 0 Å². The van der Waals surface area contributed by atoms with Crippen molar-refractivity contribution in [1.82, 2.24) is 10.2 Å². The number of hydrogen-bond donors (Lipinski definition) is 1. The van der Waals surface area contributed by atoms with Crippen molar-refractivity contribution >= 4 is 11.8 Å². The lowest BCUT2D eigenvalue weighted by Crippen LogP contribution is -2.48. The molecule has 1 saturated heterocycles. The third-order valence-corrected chi connectivity index (χ3v) is 4.87. The Morgan fingerprint density at radius 2 is 1.93 bits per heavy atom. The summed E-state index contributed by atoms with van der Waals surface area (Å²) in [4.78, 5) is 27.1. The quantitative estimate of drug-likeness (QED) is 0.825. The number of hydrogen-bond acceptors (Lipinski definition) is 2. The molecule has 1 heterocycles. The zero-order valence-corrected chi connectivity index (χ0v) is 15.1. The molecule has 2 aromatic carbocycles. The highest BCUT2D eigenvalue weighted by Crippen LogP contribution is 2.31. The van der Waals surface area contributed by atoms with Gasteiger partial charge in [-0.05, 0) is 30.2 Å². The second kappa shape index (κ2) is 8.62. The van der Waals surface area contributed by atoms with Gasteiger partial charge in [0.05, 0.1) is 5.92 Å². The molecule has 140 valence electrons. The van der Waals surface area contributed by atoms with Gasteiger partial charge in [0.1, 0.15) is 5.82 Å². The number of amides is 2. The minimum Gasteiger partial charge on any atom is -0.352 e. The van der Waals surface area contributed by atoms with Crippen molar-refractivity contribution < 1.29 is 14.0 Å². The maximum absolute atomic E-state index is 13.5. The highest BCUT2D eigenvalue weighted by atomic mass is 19.1. The zero-order valence-electron chi connectivity index (χ0n) is 15.1. The normalized spacial score (nSPS) is 19.4. The van der Waals surface area contributed by atoms with Crippen molar-refractivity contribution in [2.24, 2.45) is 5.92 Å². The summed E-state index contributed by atoms with van der Waals surface area (Å²) in [5.41, 5.74) is 1.39. The number of carbonyl (C=O) groups is 2. The third-order valence-electron chi connectivity index (χ3n) is 4.87. The summed E-state index contributed by atoms with van der Waals surface area (Å²) in [5.74, 6) is -1.06. The first-order chi connectivity index (χ1) is 13.1. The summed E-state index contributed by atoms with van der Waals surface area (Å²) in [6.07, 6.45) is 2.30. The summed E-state index contributed by atoms with van der Waals surface area (Å²) < 4.78 is 13.5. The molecule has 2 amide bonds. The van der Waals surface area contributed by atoms with Gasteiger partial charge in [0.2, 0.25) is 5.91 Å². The topological polar surface area (TPSA) is 49.4 Å². The van der Waals surface area contributed by atoms with Crippen LogP contribution in [0.15, 0.2) is 67.3 Å². The van der Waals surface area contributed by atoms with E-state index in [1.54, 1.807) is 17.0 Å². The summed E-state index contributed by atoms with van der Waals surface area (Å²) >= 11 is 0. The van der Waals surface area contributed by atoms with E-state index in [9.17, 15) is 14.0 Å². The molecule has 27 heavy (non-hydrogen) atoms. The van der Waals surface area contributed by atoms with Crippen LogP contribution in [0.5, 0.6) is 0 Å². The second-order valence-electron chi connectivity index (χ2n) is 6.79. The number of piperidine rings is 1. The van der Waals surface area contributed by atoms with Crippen LogP contribution in [0.4, 0.5) is 4.39 Å². The Morgan fingerprint density at radius 3 is 2.63 bits per heavy atom. The molecule has 4 nitrogen and oxygen atoms in total. The van der Waals surface area contributed by atoms with E-state index in [4.69, 9.17) is 0 Å². The first-order valence-corrected chi connectivity index (χ1v) is 9.07. The van der Waals surface area contributed by atoms with Crippen LogP contribution in [0.1, 0.15) is 28.3 Å². The van der Waals surface area contributed by atoms with E-state index >= 15 is 0 Å². The average molecular weight is 366 g/mol. The molecule has 2 aromatic rings. The molecular formula is C22H23FN2O2. The lowest BCUT2D eigenvalue weighted by atomic mass is 9.83. The van der Waals surface area contributed by atoms with Crippen LogP contribution in [0.2, 0.25) is 0 Å². The van der Waals surface area contributed by atoms with Crippen LogP contribution >= 0.6 is 0 Å². The van der Waals surface area contributed by atoms with Gasteiger partial charge in [-0.1, -0.05) is 42.5 Å². The molecule has 1 fully saturated rings. The van der Waals surface area contributed by atoms with E-state index in [2.05, 4.69) is 11.9 Å². The highest BCUT2D eigenvalue weighted by molar-refractivity contribution is 5.94. The van der Waals surface area contributed by atoms with Gasteiger partial charge in [0.15, 0.2) is 0 Å². The Morgan fingerprint density at radius 1 is 1.15 bits per heavy atom. The molecule has 2 unspecified atom stereocenters. The Bertz CT molecular complexity index is 822. The summed E-state index contributed by atoms with van der Waals surface area (Å²) in [6.45, 7) is 4.83. The summed E-state index contributed by atoms with van der Waals surface area (Å²) in [6, 6.07) is 15.5. The highest BCUT2D eigenvalue weighted by Gasteiger charge is 2.34. The molecule has 0 saturated carbocycles. The van der Waals surface area contributed by atoms with Crippen LogP contribution in [0.3, 0.4) is 0 Å². The van der Waals surface area contributed by atoms with E-state index in [1.807, 2.05) is 30.3 Å². The molecule has 2 atom stereocenters. The molecule has 0 aromatic heterocycles. The maximum atomic E-state index is 13.5. The molecule has 0 radical (unpaired) electrons. The van der Waals surface area contributed by atoms with E-state index < -0.39 is 5.82 Å². The number of benzene rings is 2. The minimum atomic E-state index is -0.447. The van der Waals surface area contributed by atoms with Crippen molar-refractivity contribution in [2.75, 3.05) is 19.6 Å². The average Bonchev–Trinajstić information content (AvgIpc) is 2.71. The Kier molecular flexibility index (Phi) is 6.01. The maximum Gasteiger partial charge on any atom is 0.253 e. The molecule has 3 rings (SSSR count). The lowest BCUT2D eigenvalue weighted by Gasteiger charge is -2.37. The largest absolute Gasteiger partial charge is 0.352 e. The standard InChI is InChI=1S/C22H23FN2O2/c1-2-11-24-21(26)19-12-18(16-7-4-3-5-8-16)14-25(15-19)22(27)17-9-6-10-20(23)13-17/h2-10,13,18-19H,1,11-12,14-15H2,(H,24,26). The number of likely N-dealkylation sites (tertiary alicyclic amines) is 1. The molecular weight excluding hydrogens is 343 g/mol. The van der Waals surface area contributed by atoms with Crippen molar-refractivity contribution in [3.8, 4) is 0 Å². The van der Waals surface area contributed by atoms with Crippen LogP contribution in [0, 0.1) is 11.7 Å². The van der Waals surface area contributed by atoms with E-state index in [-0.39, 0.29) is 23.7 Å². The van der Waals surface area contributed by atoms with Gasteiger partial charge < -0.3 is 10.2 Å². The van der Waals surface area contributed by atoms with E-state index in [0.29, 0.717) is 31.6 Å². The Balaban J connectivity index is 1.84. The van der Waals surface area contributed by atoms with Crippen molar-refractivity contribution in [1.29, 1.82) is 0 Å². The van der Waals surface area contributed by atoms with Gasteiger partial charge in [-0.15, -0.1) is 6.58 Å². The fraction of sp³-hybridized carbons (Fsp3) is 0.273. The Hall–Kier alpha value is -2.95. The van der Waals surface area contributed by atoms with Crippen LogP contribution in [-0.4, -0.2) is 36.3 Å². The molecule has 0 bridgehead atoms. The van der Waals surface area contributed by atoms with Crippen LogP contribution in [-0.2, 0) is 4.79 Å². The number of rotatable bonds is 5. The molecule has 0 aliphatic carbocycles. The monoisotopic (exact) mass is 366 g/mol. The van der Waals surface area contributed by atoms with E-state index in [0.717, 1.165) is 5.56 Å². The Labute approximate surface area is 158 Å². The lowest BCUT2D eigenvalue weighted by molar-refractivity contribution is -0.126. The zero-order chi connectivity index (χ0) is 19.2. The predicted molar refractivity (Wildman–Crippen MR) is 103 cm³/mol. The third kappa shape index (κ3) is 4.61. The van der Waals surface area contributed by atoms with Crippen molar-refractivity contribution in [2.45, 2.75) is 12.3 Å². The number of halogens is 1. The van der Waals surface area contributed by atoms with Crippen molar-refractivity contribution in [3.05, 3.63) is 84.2 Å². The SMILES string of the molecule is C=CCNC(=O)C1CC(c2ccccc2)CN(C(=O)c2cccc(F)c2)C1. The fourth-order valence-electron chi connectivity index (χ4n) is 3.54. The first kappa shape index (κ1) is 18.8. The fourth-order valence-corrected chi connectivity index (χ4v) is 3.54. The second-order valence-corrected chi connectivity index (χ2v) is 6.79. The summed E-state index contributed by atoms with van der Waals surface area (Å²) in [7, 11) is 0. The van der Waals surface area contributed by atoms with Gasteiger partial charge >= 0.3 is 0 Å². The van der Waals surface area contributed by atoms with Crippen LogP contribution < -0.4 is 5.32 Å². The minimum absolute atomic E-state index is 0.0527. The summed E-state index contributed by atoms with van der Waals surface area (Å²) in [5, 5.41) is 2.83. The number of carbonyl (C=O) groups excluding carboxylic acids is 2. The molecule has 0 spiro atoms. The van der Waals surface area contributed by atoms with Gasteiger partial charge in [0, 0.05) is 31.1 Å². The number of nitrogens with zero attached hydrogens (tertiary/aromatic N) is 1. The van der Waals surface area contributed by atoms with Gasteiger partial charge in [-0.2, -0.15) is 0 Å². The number of nitrogens with one attached hydrogen (secondary N) is 1. The van der Waals surface area contributed by atoms with E-state index in [1.165, 1.54) is 18.2 Å². The van der Waals surface area contributed by atoms with Gasteiger partial charge in [0.25, 0.3) is 5.91 Å². The van der Waals surface area contributed by atoms with Gasteiger partial charge in [-0.25, -0.2) is 4.39 Å². The molecule has 1 aliphatic rings. The predicted octanol–water partition coefficient (Wildman–Crippen LogP) is 3.37.